The third-order valence-electron chi connectivity index (χ3n) is 2.69. The number of nitrogens with two attached hydrogens (primary N) is 1. The van der Waals surface area contributed by atoms with Crippen LogP contribution in [0.2, 0.25) is 0 Å². The molecule has 1 aromatic rings. The number of hydrogen-bond acceptors (Lipinski definition) is 2. The molecule has 0 spiro atoms. The second-order valence-electron chi connectivity index (χ2n) is 4.30. The van der Waals surface area contributed by atoms with Gasteiger partial charge >= 0.3 is 0 Å². The monoisotopic (exact) mass is 248 g/mol. The van der Waals surface area contributed by atoms with E-state index in [-0.39, 0.29) is 5.91 Å². The summed E-state index contributed by atoms with van der Waals surface area (Å²) < 4.78 is 0. The van der Waals surface area contributed by atoms with E-state index in [9.17, 15) is 9.59 Å². The fourth-order valence-corrected chi connectivity index (χ4v) is 1.69. The Hall–Kier alpha value is -1.84. The van der Waals surface area contributed by atoms with E-state index in [0.717, 1.165) is 25.7 Å². The fourth-order valence-electron chi connectivity index (χ4n) is 1.69. The molecule has 1 aromatic carbocycles. The summed E-state index contributed by atoms with van der Waals surface area (Å²) in [6.45, 7) is 2.13. The summed E-state index contributed by atoms with van der Waals surface area (Å²) in [5.41, 5.74) is 6.19. The van der Waals surface area contributed by atoms with Crippen molar-refractivity contribution < 1.29 is 9.59 Å². The van der Waals surface area contributed by atoms with Crippen molar-refractivity contribution in [3.8, 4) is 0 Å². The van der Waals surface area contributed by atoms with E-state index in [1.165, 1.54) is 0 Å². The SMILES string of the molecule is CCCCCCC(=O)Nc1cccc(C(N)=O)c1. The fraction of sp³-hybridized carbons (Fsp3) is 0.429. The first-order chi connectivity index (χ1) is 8.63. The van der Waals surface area contributed by atoms with Gasteiger partial charge in [0.2, 0.25) is 11.8 Å². The van der Waals surface area contributed by atoms with Crippen LogP contribution in [0.25, 0.3) is 0 Å². The number of carbonyl (C=O) groups excluding carboxylic acids is 2. The van der Waals surface area contributed by atoms with Crippen LogP contribution in [0.5, 0.6) is 0 Å². The number of hydrogen-bond donors (Lipinski definition) is 2. The minimum atomic E-state index is -0.492. The van der Waals surface area contributed by atoms with Crippen LogP contribution in [-0.2, 0) is 4.79 Å². The van der Waals surface area contributed by atoms with Crippen LogP contribution in [0.1, 0.15) is 49.4 Å². The quantitative estimate of drug-likeness (QED) is 0.728. The lowest BCUT2D eigenvalue weighted by Gasteiger charge is -2.06. The highest BCUT2D eigenvalue weighted by Gasteiger charge is 2.04. The molecule has 2 amide bonds. The summed E-state index contributed by atoms with van der Waals surface area (Å²) in [6.07, 6.45) is 4.80. The van der Waals surface area contributed by atoms with Crippen molar-refractivity contribution >= 4 is 17.5 Å². The number of anilines is 1. The molecule has 0 unspecified atom stereocenters. The molecular formula is C14H20N2O2. The van der Waals surface area contributed by atoms with Gasteiger partial charge in [-0.1, -0.05) is 32.3 Å². The van der Waals surface area contributed by atoms with Crippen LogP contribution in [0.4, 0.5) is 5.69 Å². The van der Waals surface area contributed by atoms with Gasteiger partial charge in [-0.2, -0.15) is 0 Å². The number of amides is 2. The van der Waals surface area contributed by atoms with Gasteiger partial charge in [0.1, 0.15) is 0 Å². The summed E-state index contributed by atoms with van der Waals surface area (Å²) in [5, 5.41) is 2.77. The Balaban J connectivity index is 2.44. The average Bonchev–Trinajstić information content (AvgIpc) is 2.35. The Kier molecular flexibility index (Phi) is 5.91. The summed E-state index contributed by atoms with van der Waals surface area (Å²) in [4.78, 5) is 22.6. The van der Waals surface area contributed by atoms with Crippen molar-refractivity contribution in [1.29, 1.82) is 0 Å². The van der Waals surface area contributed by atoms with Gasteiger partial charge in [-0.05, 0) is 24.6 Å². The Labute approximate surface area is 108 Å². The minimum Gasteiger partial charge on any atom is -0.366 e. The number of nitrogens with one attached hydrogen (secondary N) is 1. The molecular weight excluding hydrogens is 228 g/mol. The molecule has 0 aliphatic rings. The lowest BCUT2D eigenvalue weighted by molar-refractivity contribution is -0.116. The first-order valence-corrected chi connectivity index (χ1v) is 6.33. The van der Waals surface area contributed by atoms with Crippen LogP contribution in [-0.4, -0.2) is 11.8 Å². The largest absolute Gasteiger partial charge is 0.366 e. The highest BCUT2D eigenvalue weighted by atomic mass is 16.2. The van der Waals surface area contributed by atoms with Gasteiger partial charge in [-0.25, -0.2) is 0 Å². The maximum atomic E-state index is 11.6. The van der Waals surface area contributed by atoms with E-state index < -0.39 is 5.91 Å². The third kappa shape index (κ3) is 4.99. The molecule has 3 N–H and O–H groups in total. The Morgan fingerprint density at radius 1 is 1.22 bits per heavy atom. The molecule has 0 fully saturated rings. The molecule has 0 saturated carbocycles. The van der Waals surface area contributed by atoms with Crippen molar-refractivity contribution in [2.75, 3.05) is 5.32 Å². The van der Waals surface area contributed by atoms with Gasteiger partial charge in [0.25, 0.3) is 0 Å². The van der Waals surface area contributed by atoms with Crippen molar-refractivity contribution in [2.24, 2.45) is 5.73 Å². The maximum Gasteiger partial charge on any atom is 0.248 e. The Morgan fingerprint density at radius 3 is 2.67 bits per heavy atom. The molecule has 0 aliphatic heterocycles. The zero-order valence-electron chi connectivity index (χ0n) is 10.7. The Bertz CT molecular complexity index is 416. The number of carbonyl (C=O) groups is 2. The predicted octanol–water partition coefficient (Wildman–Crippen LogP) is 2.69. The van der Waals surface area contributed by atoms with Gasteiger partial charge in [-0.3, -0.25) is 9.59 Å². The van der Waals surface area contributed by atoms with Crippen molar-refractivity contribution in [2.45, 2.75) is 39.0 Å². The Morgan fingerprint density at radius 2 is 2.00 bits per heavy atom. The normalized spacial score (nSPS) is 10.1. The summed E-state index contributed by atoms with van der Waals surface area (Å²) in [5.74, 6) is -0.512. The first-order valence-electron chi connectivity index (χ1n) is 6.33. The highest BCUT2D eigenvalue weighted by Crippen LogP contribution is 2.11. The lowest BCUT2D eigenvalue weighted by atomic mass is 10.1. The van der Waals surface area contributed by atoms with E-state index in [0.29, 0.717) is 17.7 Å². The van der Waals surface area contributed by atoms with E-state index in [4.69, 9.17) is 5.73 Å². The third-order valence-corrected chi connectivity index (χ3v) is 2.69. The molecule has 0 saturated heterocycles. The van der Waals surface area contributed by atoms with E-state index in [1.807, 2.05) is 0 Å². The smallest absolute Gasteiger partial charge is 0.248 e. The zero-order valence-corrected chi connectivity index (χ0v) is 10.7. The standard InChI is InChI=1S/C14H20N2O2/c1-2-3-4-5-9-13(17)16-12-8-6-7-11(10-12)14(15)18/h6-8,10H,2-5,9H2,1H3,(H2,15,18)(H,16,17). The molecule has 0 aliphatic carbocycles. The van der Waals surface area contributed by atoms with Crippen LogP contribution < -0.4 is 11.1 Å². The summed E-state index contributed by atoms with van der Waals surface area (Å²) >= 11 is 0. The van der Waals surface area contributed by atoms with Crippen molar-refractivity contribution in [3.63, 3.8) is 0 Å². The van der Waals surface area contributed by atoms with Gasteiger partial charge in [0.05, 0.1) is 0 Å². The molecule has 0 atom stereocenters. The lowest BCUT2D eigenvalue weighted by Crippen LogP contribution is -2.14. The minimum absolute atomic E-state index is 0.0206. The molecule has 4 nitrogen and oxygen atoms in total. The highest BCUT2D eigenvalue weighted by molar-refractivity contribution is 5.96. The van der Waals surface area contributed by atoms with Gasteiger partial charge in [0.15, 0.2) is 0 Å². The van der Waals surface area contributed by atoms with Gasteiger partial charge in [0, 0.05) is 17.7 Å². The predicted molar refractivity (Wildman–Crippen MR) is 72.3 cm³/mol. The van der Waals surface area contributed by atoms with Crippen molar-refractivity contribution in [3.05, 3.63) is 29.8 Å². The second kappa shape index (κ2) is 7.48. The molecule has 0 bridgehead atoms. The molecule has 0 heterocycles. The molecule has 18 heavy (non-hydrogen) atoms. The second-order valence-corrected chi connectivity index (χ2v) is 4.30. The van der Waals surface area contributed by atoms with Gasteiger partial charge in [-0.15, -0.1) is 0 Å². The number of unbranched alkanes of at least 4 members (excludes halogenated alkanes) is 3. The first kappa shape index (κ1) is 14.2. The van der Waals surface area contributed by atoms with Crippen LogP contribution >= 0.6 is 0 Å². The van der Waals surface area contributed by atoms with Crippen molar-refractivity contribution in [1.82, 2.24) is 0 Å². The topological polar surface area (TPSA) is 72.2 Å². The molecule has 98 valence electrons. The zero-order chi connectivity index (χ0) is 13.4. The van der Waals surface area contributed by atoms with E-state index in [1.54, 1.807) is 24.3 Å². The molecule has 0 radical (unpaired) electrons. The number of rotatable bonds is 7. The van der Waals surface area contributed by atoms with Gasteiger partial charge < -0.3 is 11.1 Å². The van der Waals surface area contributed by atoms with Crippen LogP contribution in [0.3, 0.4) is 0 Å². The summed E-state index contributed by atoms with van der Waals surface area (Å²) in [7, 11) is 0. The molecule has 1 rings (SSSR count). The number of primary amides is 1. The van der Waals surface area contributed by atoms with Crippen LogP contribution in [0.15, 0.2) is 24.3 Å². The molecule has 0 aromatic heterocycles. The number of benzene rings is 1. The summed E-state index contributed by atoms with van der Waals surface area (Å²) in [6, 6.07) is 6.66. The average molecular weight is 248 g/mol. The van der Waals surface area contributed by atoms with E-state index in [2.05, 4.69) is 12.2 Å². The van der Waals surface area contributed by atoms with Crippen LogP contribution in [0, 0.1) is 0 Å². The van der Waals surface area contributed by atoms with E-state index >= 15 is 0 Å². The maximum absolute atomic E-state index is 11.6. The molecule has 4 heteroatoms.